The minimum Gasteiger partial charge on any atom is -0.415 e. The lowest BCUT2D eigenvalue weighted by Gasteiger charge is -2.37. The smallest absolute Gasteiger partial charge is 0.306 e. The first-order valence-electron chi connectivity index (χ1n) is 7.58. The van der Waals surface area contributed by atoms with Crippen molar-refractivity contribution in [1.29, 1.82) is 0 Å². The van der Waals surface area contributed by atoms with Crippen LogP contribution >= 0.6 is 0 Å². The minimum atomic E-state index is -1.68. The molecule has 128 valence electrons. The van der Waals surface area contributed by atoms with E-state index in [9.17, 15) is 14.4 Å². The molecule has 0 saturated heterocycles. The van der Waals surface area contributed by atoms with Crippen LogP contribution in [-0.2, 0) is 23.9 Å². The maximum Gasteiger partial charge on any atom is 0.306 e. The average Bonchev–Trinajstić information content (AvgIpc) is 2.27. The summed E-state index contributed by atoms with van der Waals surface area (Å²) in [5, 5.41) is 0. The second kappa shape index (κ2) is 5.95. The zero-order valence-electron chi connectivity index (χ0n) is 15.2. The van der Waals surface area contributed by atoms with Crippen molar-refractivity contribution in [2.24, 2.45) is 10.8 Å². The Morgan fingerprint density at radius 1 is 0.826 bits per heavy atom. The second-order valence-electron chi connectivity index (χ2n) is 7.85. The third kappa shape index (κ3) is 4.53. The monoisotopic (exact) mass is 322 g/mol. The highest BCUT2D eigenvalue weighted by molar-refractivity contribution is 6.11. The van der Waals surface area contributed by atoms with Gasteiger partial charge in [-0.05, 0) is 10.8 Å². The molecule has 0 atom stereocenters. The third-order valence-corrected chi connectivity index (χ3v) is 3.40. The topological polar surface area (TPSA) is 69.7 Å². The largest absolute Gasteiger partial charge is 0.415 e. The van der Waals surface area contributed by atoms with Gasteiger partial charge in [0.15, 0.2) is 5.78 Å². The number of ketones is 1. The van der Waals surface area contributed by atoms with Crippen molar-refractivity contribution in [1.82, 2.24) is 0 Å². The number of esters is 2. The number of carbonyl (C=O) groups excluding carboxylic acids is 3. The number of Topliss-reactive ketones (excluding diaryl/α,β-unsaturated/α-hetero) is 1. The molecule has 0 amide bonds. The van der Waals surface area contributed by atoms with Gasteiger partial charge in [0.05, 0.1) is 0 Å². The number of carbonyl (C=O) groups is 3. The summed E-state index contributed by atoms with van der Waals surface area (Å²) in [5.41, 5.74) is -0.0827. The van der Waals surface area contributed by atoms with E-state index in [-0.39, 0.29) is 5.78 Å². The molecular formula is C18H26O5. The summed E-state index contributed by atoms with van der Waals surface area (Å²) >= 11 is 0. The summed E-state index contributed by atoms with van der Waals surface area (Å²) in [7, 11) is 0. The Bertz CT molecular complexity index is 542. The van der Waals surface area contributed by atoms with Crippen LogP contribution in [0.2, 0.25) is 0 Å². The predicted molar refractivity (Wildman–Crippen MR) is 86.3 cm³/mol. The molecule has 0 unspecified atom stereocenters. The quantitative estimate of drug-likeness (QED) is 0.576. The molecule has 23 heavy (non-hydrogen) atoms. The van der Waals surface area contributed by atoms with E-state index >= 15 is 0 Å². The summed E-state index contributed by atoms with van der Waals surface area (Å²) in [6, 6.07) is 0. The van der Waals surface area contributed by atoms with E-state index < -0.39 is 28.6 Å². The molecule has 0 N–H and O–H groups in total. The molecule has 0 aromatic carbocycles. The molecule has 0 radical (unpaired) electrons. The van der Waals surface area contributed by atoms with Gasteiger partial charge in [0.25, 0.3) is 5.79 Å². The van der Waals surface area contributed by atoms with E-state index in [1.807, 2.05) is 41.5 Å². The van der Waals surface area contributed by atoms with Gasteiger partial charge in [0, 0.05) is 37.1 Å². The first-order chi connectivity index (χ1) is 10.2. The summed E-state index contributed by atoms with van der Waals surface area (Å²) in [4.78, 5) is 35.9. The van der Waals surface area contributed by atoms with Crippen molar-refractivity contribution < 1.29 is 23.9 Å². The number of allylic oxidation sites excluding steroid dienone is 2. The Morgan fingerprint density at radius 3 is 1.35 bits per heavy atom. The van der Waals surface area contributed by atoms with Gasteiger partial charge in [-0.1, -0.05) is 41.5 Å². The molecule has 0 spiro atoms. The second-order valence-corrected chi connectivity index (χ2v) is 7.85. The van der Waals surface area contributed by atoms with E-state index in [1.165, 1.54) is 26.0 Å². The fraction of sp³-hybridized carbons (Fsp3) is 0.611. The van der Waals surface area contributed by atoms with Crippen molar-refractivity contribution >= 4 is 17.7 Å². The molecule has 0 heterocycles. The number of hydrogen-bond acceptors (Lipinski definition) is 5. The molecule has 0 aliphatic heterocycles. The Morgan fingerprint density at radius 2 is 1.13 bits per heavy atom. The van der Waals surface area contributed by atoms with Crippen LogP contribution in [0, 0.1) is 10.8 Å². The van der Waals surface area contributed by atoms with Gasteiger partial charge in [-0.3, -0.25) is 14.4 Å². The predicted octanol–water partition coefficient (Wildman–Crippen LogP) is 3.34. The Kier molecular flexibility index (Phi) is 4.95. The number of hydrogen-bond donors (Lipinski definition) is 0. The van der Waals surface area contributed by atoms with E-state index in [0.29, 0.717) is 11.1 Å². The van der Waals surface area contributed by atoms with Gasteiger partial charge in [-0.2, -0.15) is 0 Å². The molecule has 1 rings (SSSR count). The van der Waals surface area contributed by atoms with Gasteiger partial charge in [0.2, 0.25) is 0 Å². The third-order valence-electron chi connectivity index (χ3n) is 3.40. The Hall–Kier alpha value is -1.91. The lowest BCUT2D eigenvalue weighted by molar-refractivity contribution is -0.196. The molecule has 0 fully saturated rings. The number of rotatable bonds is 2. The maximum absolute atomic E-state index is 12.9. The normalized spacial score (nSPS) is 18.0. The highest BCUT2D eigenvalue weighted by Gasteiger charge is 2.44. The lowest BCUT2D eigenvalue weighted by atomic mass is 9.71. The van der Waals surface area contributed by atoms with Crippen LogP contribution in [0.15, 0.2) is 23.3 Å². The summed E-state index contributed by atoms with van der Waals surface area (Å²) in [5.74, 6) is -3.01. The summed E-state index contributed by atoms with van der Waals surface area (Å²) < 4.78 is 10.6. The Labute approximate surface area is 137 Å². The highest BCUT2D eigenvalue weighted by atomic mass is 16.7. The summed E-state index contributed by atoms with van der Waals surface area (Å²) in [6.07, 6.45) is 2.88. The van der Waals surface area contributed by atoms with Gasteiger partial charge in [-0.15, -0.1) is 0 Å². The fourth-order valence-corrected chi connectivity index (χ4v) is 2.42. The van der Waals surface area contributed by atoms with E-state index in [4.69, 9.17) is 9.47 Å². The fourth-order valence-electron chi connectivity index (χ4n) is 2.42. The Balaban J connectivity index is 3.64. The van der Waals surface area contributed by atoms with Crippen molar-refractivity contribution in [3.05, 3.63) is 23.3 Å². The molecule has 1 aliphatic rings. The molecular weight excluding hydrogens is 296 g/mol. The standard InChI is InChI=1S/C18H26O5/c1-11(19)22-18(23-12(2)20)9-13(16(3,4)5)15(21)14(10-18)17(6,7)8/h9-10H,1-8H3. The minimum absolute atomic E-state index is 0.125. The SMILES string of the molecule is CC(=O)OC1(OC(C)=O)C=C(C(C)(C)C)C(=O)C(C(C)(C)C)=C1. The molecule has 5 nitrogen and oxygen atoms in total. The average molecular weight is 322 g/mol. The van der Waals surface area contributed by atoms with E-state index in [2.05, 4.69) is 0 Å². The molecule has 1 aliphatic carbocycles. The van der Waals surface area contributed by atoms with Crippen LogP contribution in [0.5, 0.6) is 0 Å². The van der Waals surface area contributed by atoms with Crippen LogP contribution < -0.4 is 0 Å². The molecule has 5 heteroatoms. The van der Waals surface area contributed by atoms with Gasteiger partial charge in [-0.25, -0.2) is 0 Å². The van der Waals surface area contributed by atoms with Gasteiger partial charge in [0.1, 0.15) is 0 Å². The van der Waals surface area contributed by atoms with Crippen molar-refractivity contribution in [3.63, 3.8) is 0 Å². The zero-order chi connectivity index (χ0) is 18.2. The highest BCUT2D eigenvalue weighted by Crippen LogP contribution is 2.41. The first kappa shape index (κ1) is 19.1. The van der Waals surface area contributed by atoms with E-state index in [1.54, 1.807) is 0 Å². The van der Waals surface area contributed by atoms with Crippen LogP contribution in [0.3, 0.4) is 0 Å². The molecule has 0 bridgehead atoms. The van der Waals surface area contributed by atoms with Crippen LogP contribution in [-0.4, -0.2) is 23.5 Å². The van der Waals surface area contributed by atoms with E-state index in [0.717, 1.165) is 0 Å². The maximum atomic E-state index is 12.9. The van der Waals surface area contributed by atoms with Crippen LogP contribution in [0.4, 0.5) is 0 Å². The lowest BCUT2D eigenvalue weighted by Crippen LogP contribution is -2.42. The zero-order valence-corrected chi connectivity index (χ0v) is 15.2. The summed E-state index contributed by atoms with van der Waals surface area (Å²) in [6.45, 7) is 13.8. The number of ether oxygens (including phenoxy) is 2. The van der Waals surface area contributed by atoms with Crippen molar-refractivity contribution in [3.8, 4) is 0 Å². The van der Waals surface area contributed by atoms with Crippen molar-refractivity contribution in [2.75, 3.05) is 0 Å². The van der Waals surface area contributed by atoms with Crippen LogP contribution in [0.1, 0.15) is 55.4 Å². The first-order valence-corrected chi connectivity index (χ1v) is 7.58. The van der Waals surface area contributed by atoms with Gasteiger partial charge < -0.3 is 9.47 Å². The molecule has 0 aromatic heterocycles. The van der Waals surface area contributed by atoms with Crippen molar-refractivity contribution in [2.45, 2.75) is 61.2 Å². The molecule has 0 aromatic rings. The van der Waals surface area contributed by atoms with Crippen LogP contribution in [0.25, 0.3) is 0 Å². The molecule has 0 saturated carbocycles. The van der Waals surface area contributed by atoms with Gasteiger partial charge >= 0.3 is 11.9 Å².